The molecule has 1 aromatic carbocycles. The topological polar surface area (TPSA) is 44.5 Å². The molecule has 0 fully saturated rings. The summed E-state index contributed by atoms with van der Waals surface area (Å²) in [6.07, 6.45) is 2.49. The van der Waals surface area contributed by atoms with Crippen LogP contribution in [0.15, 0.2) is 24.8 Å². The summed E-state index contributed by atoms with van der Waals surface area (Å²) in [4.78, 5) is 0. The van der Waals surface area contributed by atoms with Crippen LogP contribution in [0.5, 0.6) is 11.5 Å². The van der Waals surface area contributed by atoms with Gasteiger partial charge in [-0.15, -0.1) is 6.58 Å². The molecule has 1 aromatic rings. The molecule has 0 aliphatic rings. The van der Waals surface area contributed by atoms with Gasteiger partial charge >= 0.3 is 0 Å². The van der Waals surface area contributed by atoms with E-state index < -0.39 is 0 Å². The van der Waals surface area contributed by atoms with Crippen molar-refractivity contribution in [3.63, 3.8) is 0 Å². The second-order valence-electron chi connectivity index (χ2n) is 3.71. The Labute approximate surface area is 96.9 Å². The summed E-state index contributed by atoms with van der Waals surface area (Å²) in [6, 6.07) is 3.77. The highest BCUT2D eigenvalue weighted by Crippen LogP contribution is 2.35. The summed E-state index contributed by atoms with van der Waals surface area (Å²) >= 11 is 0. The fourth-order valence-corrected chi connectivity index (χ4v) is 1.73. The highest BCUT2D eigenvalue weighted by molar-refractivity contribution is 5.49. The van der Waals surface area contributed by atoms with Gasteiger partial charge in [0.2, 0.25) is 0 Å². The quantitative estimate of drug-likeness (QED) is 0.777. The molecule has 16 heavy (non-hydrogen) atoms. The summed E-state index contributed by atoms with van der Waals surface area (Å²) in [5, 5.41) is 0. The second kappa shape index (κ2) is 5.56. The van der Waals surface area contributed by atoms with Crippen LogP contribution in [0.3, 0.4) is 0 Å². The molecule has 0 unspecified atom stereocenters. The molecule has 88 valence electrons. The number of hydrogen-bond acceptors (Lipinski definition) is 3. The Kier molecular flexibility index (Phi) is 4.38. The molecule has 0 spiro atoms. The molecule has 0 aliphatic carbocycles. The Balaban J connectivity index is 3.26. The first kappa shape index (κ1) is 12.6. The van der Waals surface area contributed by atoms with E-state index in [1.54, 1.807) is 20.3 Å². The first-order chi connectivity index (χ1) is 7.63. The number of hydrogen-bond donors (Lipinski definition) is 1. The SMILES string of the molecule is C=CC[C@H](N)c1c(OC)cc(C)cc1OC. The van der Waals surface area contributed by atoms with Crippen molar-refractivity contribution in [1.82, 2.24) is 0 Å². The van der Waals surface area contributed by atoms with E-state index in [0.29, 0.717) is 6.42 Å². The van der Waals surface area contributed by atoms with Crippen LogP contribution in [0.4, 0.5) is 0 Å². The number of rotatable bonds is 5. The third-order valence-corrected chi connectivity index (χ3v) is 2.48. The standard InChI is InChI=1S/C13H19NO2/c1-5-6-10(14)13-11(15-3)7-9(2)8-12(13)16-4/h5,7-8,10H,1,6,14H2,2-4H3/t10-/m0/s1. The van der Waals surface area contributed by atoms with Gasteiger partial charge in [0.25, 0.3) is 0 Å². The Bertz CT molecular complexity index is 349. The van der Waals surface area contributed by atoms with Crippen molar-refractivity contribution in [1.29, 1.82) is 0 Å². The second-order valence-corrected chi connectivity index (χ2v) is 3.71. The van der Waals surface area contributed by atoms with Crippen molar-refractivity contribution in [2.75, 3.05) is 14.2 Å². The lowest BCUT2D eigenvalue weighted by atomic mass is 10.0. The van der Waals surface area contributed by atoms with Gasteiger partial charge in [0, 0.05) is 6.04 Å². The summed E-state index contributed by atoms with van der Waals surface area (Å²) in [5.74, 6) is 1.54. The van der Waals surface area contributed by atoms with Gasteiger partial charge in [0.15, 0.2) is 0 Å². The first-order valence-electron chi connectivity index (χ1n) is 5.23. The number of ether oxygens (including phenoxy) is 2. The van der Waals surface area contributed by atoms with Crippen LogP contribution < -0.4 is 15.2 Å². The van der Waals surface area contributed by atoms with Crippen LogP contribution in [0.1, 0.15) is 23.6 Å². The van der Waals surface area contributed by atoms with Crippen molar-refractivity contribution in [2.24, 2.45) is 5.73 Å². The molecule has 3 heteroatoms. The van der Waals surface area contributed by atoms with Crippen LogP contribution in [-0.2, 0) is 0 Å². The van der Waals surface area contributed by atoms with Gasteiger partial charge in [0.05, 0.1) is 19.8 Å². The fraction of sp³-hybridized carbons (Fsp3) is 0.385. The Morgan fingerprint density at radius 1 is 1.31 bits per heavy atom. The van der Waals surface area contributed by atoms with Crippen LogP contribution >= 0.6 is 0 Å². The molecule has 1 rings (SSSR count). The third-order valence-electron chi connectivity index (χ3n) is 2.48. The van der Waals surface area contributed by atoms with Gasteiger partial charge in [-0.05, 0) is 31.0 Å². The van der Waals surface area contributed by atoms with E-state index >= 15 is 0 Å². The van der Waals surface area contributed by atoms with Crippen molar-refractivity contribution >= 4 is 0 Å². The zero-order chi connectivity index (χ0) is 12.1. The minimum absolute atomic E-state index is 0.150. The van der Waals surface area contributed by atoms with E-state index in [9.17, 15) is 0 Å². The third kappa shape index (κ3) is 2.55. The summed E-state index contributed by atoms with van der Waals surface area (Å²) < 4.78 is 10.7. The van der Waals surface area contributed by atoms with Gasteiger partial charge in [-0.25, -0.2) is 0 Å². The van der Waals surface area contributed by atoms with Crippen molar-refractivity contribution < 1.29 is 9.47 Å². The largest absolute Gasteiger partial charge is 0.496 e. The maximum atomic E-state index is 6.08. The van der Waals surface area contributed by atoms with Crippen molar-refractivity contribution in [3.8, 4) is 11.5 Å². The molecule has 0 saturated carbocycles. The van der Waals surface area contributed by atoms with E-state index in [-0.39, 0.29) is 6.04 Å². The Morgan fingerprint density at radius 2 is 1.81 bits per heavy atom. The molecule has 1 atom stereocenters. The summed E-state index contributed by atoms with van der Waals surface area (Å²) in [6.45, 7) is 5.69. The minimum Gasteiger partial charge on any atom is -0.496 e. The highest BCUT2D eigenvalue weighted by atomic mass is 16.5. The maximum absolute atomic E-state index is 6.08. The highest BCUT2D eigenvalue weighted by Gasteiger charge is 2.17. The Morgan fingerprint density at radius 3 is 2.19 bits per heavy atom. The number of nitrogens with two attached hydrogens (primary N) is 1. The van der Waals surface area contributed by atoms with Crippen molar-refractivity contribution in [2.45, 2.75) is 19.4 Å². The molecule has 3 nitrogen and oxygen atoms in total. The Hall–Kier alpha value is -1.48. The average Bonchev–Trinajstić information content (AvgIpc) is 2.27. The van der Waals surface area contributed by atoms with Crippen LogP contribution in [-0.4, -0.2) is 14.2 Å². The van der Waals surface area contributed by atoms with Gasteiger partial charge in [0.1, 0.15) is 11.5 Å². The molecule has 0 heterocycles. The zero-order valence-electron chi connectivity index (χ0n) is 10.1. The molecule has 0 amide bonds. The molecule has 0 radical (unpaired) electrons. The lowest BCUT2D eigenvalue weighted by molar-refractivity contribution is 0.378. The van der Waals surface area contributed by atoms with Gasteiger partial charge in [-0.1, -0.05) is 6.08 Å². The number of benzene rings is 1. The monoisotopic (exact) mass is 221 g/mol. The predicted molar refractivity (Wildman–Crippen MR) is 66.0 cm³/mol. The summed E-state index contributed by atoms with van der Waals surface area (Å²) in [7, 11) is 3.27. The van der Waals surface area contributed by atoms with Crippen LogP contribution in [0.25, 0.3) is 0 Å². The predicted octanol–water partition coefficient (Wildman–Crippen LogP) is 2.59. The van der Waals surface area contributed by atoms with E-state index in [1.807, 2.05) is 19.1 Å². The molecule has 2 N–H and O–H groups in total. The van der Waals surface area contributed by atoms with Gasteiger partial charge < -0.3 is 15.2 Å². The van der Waals surface area contributed by atoms with Crippen LogP contribution in [0, 0.1) is 6.92 Å². The smallest absolute Gasteiger partial charge is 0.127 e. The van der Waals surface area contributed by atoms with E-state index in [1.165, 1.54) is 0 Å². The van der Waals surface area contributed by atoms with Gasteiger partial charge in [-0.2, -0.15) is 0 Å². The first-order valence-corrected chi connectivity index (χ1v) is 5.23. The van der Waals surface area contributed by atoms with Crippen LogP contribution in [0.2, 0.25) is 0 Å². The molecule has 0 saturated heterocycles. The van der Waals surface area contributed by atoms with Crippen molar-refractivity contribution in [3.05, 3.63) is 35.9 Å². The van der Waals surface area contributed by atoms with E-state index in [0.717, 1.165) is 22.6 Å². The maximum Gasteiger partial charge on any atom is 0.127 e. The number of methoxy groups -OCH3 is 2. The average molecular weight is 221 g/mol. The summed E-state index contributed by atoms with van der Waals surface area (Å²) in [5.41, 5.74) is 8.06. The molecular weight excluding hydrogens is 202 g/mol. The molecule has 0 aromatic heterocycles. The molecular formula is C13H19NO2. The lowest BCUT2D eigenvalue weighted by Crippen LogP contribution is -2.12. The molecule has 0 bridgehead atoms. The fourth-order valence-electron chi connectivity index (χ4n) is 1.73. The van der Waals surface area contributed by atoms with E-state index in [2.05, 4.69) is 6.58 Å². The van der Waals surface area contributed by atoms with E-state index in [4.69, 9.17) is 15.2 Å². The lowest BCUT2D eigenvalue weighted by Gasteiger charge is -2.18. The number of aryl methyl sites for hydroxylation is 1. The minimum atomic E-state index is -0.150. The van der Waals surface area contributed by atoms with Gasteiger partial charge in [-0.3, -0.25) is 0 Å². The molecule has 0 aliphatic heterocycles. The normalized spacial score (nSPS) is 12.0. The zero-order valence-corrected chi connectivity index (χ0v) is 10.1.